The second kappa shape index (κ2) is 12.2. The summed E-state index contributed by atoms with van der Waals surface area (Å²) in [6.45, 7) is 5.11. The normalized spacial score (nSPS) is 21.2. The van der Waals surface area contributed by atoms with Gasteiger partial charge in [0.15, 0.2) is 6.61 Å². The molecule has 1 aliphatic carbocycles. The molecule has 2 aromatic heterocycles. The van der Waals surface area contributed by atoms with Gasteiger partial charge in [-0.1, -0.05) is 6.07 Å². The number of alkyl halides is 2. The van der Waals surface area contributed by atoms with Gasteiger partial charge in [0.05, 0.1) is 10.7 Å². The summed E-state index contributed by atoms with van der Waals surface area (Å²) in [4.78, 5) is 23.6. The number of rotatable bonds is 9. The molecule has 0 atom stereocenters. The van der Waals surface area contributed by atoms with Crippen LogP contribution in [0.25, 0.3) is 6.08 Å². The fraction of sp³-hybridized carbons (Fsp3) is 0.593. The quantitative estimate of drug-likeness (QED) is 0.470. The first-order valence-electron chi connectivity index (χ1n) is 12.9. The Morgan fingerprint density at radius 3 is 2.72 bits per heavy atom. The number of hydrogen-bond acceptors (Lipinski definition) is 6. The maximum Gasteiger partial charge on any atom is 0.278 e. The number of nitrogens with one attached hydrogen (secondary N) is 1. The van der Waals surface area contributed by atoms with Crippen molar-refractivity contribution in [2.45, 2.75) is 70.8 Å². The summed E-state index contributed by atoms with van der Waals surface area (Å²) in [7, 11) is 0. The maximum absolute atomic E-state index is 13.1. The average Bonchev–Trinajstić information content (AvgIpc) is 3.15. The van der Waals surface area contributed by atoms with Gasteiger partial charge in [0.25, 0.3) is 5.92 Å². The summed E-state index contributed by atoms with van der Waals surface area (Å²) in [6, 6.07) is 3.92. The Bertz CT molecular complexity index is 1040. The van der Waals surface area contributed by atoms with Gasteiger partial charge in [-0.2, -0.15) is 0 Å². The molecule has 0 saturated heterocycles. The summed E-state index contributed by atoms with van der Waals surface area (Å²) < 4.78 is 31.4. The predicted octanol–water partition coefficient (Wildman–Crippen LogP) is 5.06. The van der Waals surface area contributed by atoms with Gasteiger partial charge < -0.3 is 15.0 Å². The van der Waals surface area contributed by atoms with Crippen LogP contribution in [0.4, 0.5) is 8.78 Å². The van der Waals surface area contributed by atoms with Gasteiger partial charge in [0, 0.05) is 55.7 Å². The molecule has 196 valence electrons. The second-order valence-corrected chi connectivity index (χ2v) is 11.2. The van der Waals surface area contributed by atoms with E-state index in [9.17, 15) is 13.6 Å². The lowest BCUT2D eigenvalue weighted by Crippen LogP contribution is -2.37. The van der Waals surface area contributed by atoms with Crippen LogP contribution < -0.4 is 10.1 Å². The molecule has 4 rings (SSSR count). The van der Waals surface area contributed by atoms with Crippen molar-refractivity contribution >= 4 is 23.3 Å². The maximum atomic E-state index is 13.1. The van der Waals surface area contributed by atoms with Crippen molar-refractivity contribution in [1.82, 2.24) is 20.2 Å². The van der Waals surface area contributed by atoms with Crippen LogP contribution in [0.5, 0.6) is 5.88 Å². The van der Waals surface area contributed by atoms with E-state index in [0.717, 1.165) is 87.9 Å². The zero-order chi connectivity index (χ0) is 25.5. The van der Waals surface area contributed by atoms with Crippen LogP contribution in [0.2, 0.25) is 0 Å². The molecule has 0 spiro atoms. The largest absolute Gasteiger partial charge is 0.471 e. The lowest BCUT2D eigenvalue weighted by Gasteiger charge is -2.30. The third-order valence-corrected chi connectivity index (χ3v) is 7.76. The van der Waals surface area contributed by atoms with E-state index in [2.05, 4.69) is 20.2 Å². The monoisotopic (exact) mass is 518 g/mol. The summed E-state index contributed by atoms with van der Waals surface area (Å²) in [5, 5.41) is 6.09. The number of ether oxygens (including phenoxy) is 1. The number of thiazole rings is 1. The van der Waals surface area contributed by atoms with E-state index in [1.165, 1.54) is 5.56 Å². The van der Waals surface area contributed by atoms with Crippen LogP contribution in [0.15, 0.2) is 23.6 Å². The first kappa shape index (κ1) is 26.7. The number of fused-ring (bicyclic) bond motifs is 1. The van der Waals surface area contributed by atoms with Crippen LogP contribution in [-0.2, 0) is 17.6 Å². The van der Waals surface area contributed by atoms with Crippen LogP contribution >= 0.6 is 11.3 Å². The van der Waals surface area contributed by atoms with Crippen LogP contribution in [0.3, 0.4) is 0 Å². The van der Waals surface area contributed by atoms with Crippen molar-refractivity contribution in [3.8, 4) is 5.88 Å². The number of carbonyl (C=O) groups excluding carboxylic acids is 1. The van der Waals surface area contributed by atoms with Crippen molar-refractivity contribution in [2.24, 2.45) is 5.92 Å². The molecule has 0 bridgehead atoms. The number of carbonyl (C=O) groups is 1. The predicted molar refractivity (Wildman–Crippen MR) is 139 cm³/mol. The molecule has 0 radical (unpaired) electrons. The van der Waals surface area contributed by atoms with Gasteiger partial charge in [-0.05, 0) is 69.6 Å². The van der Waals surface area contributed by atoms with Gasteiger partial charge in [-0.3, -0.25) is 4.79 Å². The number of aromatic nitrogens is 2. The highest BCUT2D eigenvalue weighted by atomic mass is 32.1. The van der Waals surface area contributed by atoms with Gasteiger partial charge in [0.1, 0.15) is 0 Å². The fourth-order valence-electron chi connectivity index (χ4n) is 4.94. The Hall–Kier alpha value is -2.39. The van der Waals surface area contributed by atoms with Crippen molar-refractivity contribution in [1.29, 1.82) is 0 Å². The molecule has 36 heavy (non-hydrogen) atoms. The molecule has 1 amide bonds. The van der Waals surface area contributed by atoms with Crippen molar-refractivity contribution in [3.63, 3.8) is 0 Å². The Kier molecular flexibility index (Phi) is 9.06. The molecule has 1 saturated carbocycles. The van der Waals surface area contributed by atoms with E-state index < -0.39 is 12.5 Å². The number of aryl methyl sites for hydroxylation is 1. The minimum Gasteiger partial charge on any atom is -0.471 e. The molecule has 1 fully saturated rings. The van der Waals surface area contributed by atoms with Crippen molar-refractivity contribution < 1.29 is 18.3 Å². The summed E-state index contributed by atoms with van der Waals surface area (Å²) in [5.41, 5.74) is 2.98. The number of hydrogen-bond donors (Lipinski definition) is 1. The van der Waals surface area contributed by atoms with E-state index in [1.54, 1.807) is 29.6 Å². The van der Waals surface area contributed by atoms with Crippen molar-refractivity contribution in [2.75, 3.05) is 26.2 Å². The molecule has 0 aromatic carbocycles. The molecule has 0 unspecified atom stereocenters. The summed E-state index contributed by atoms with van der Waals surface area (Å²) >= 11 is 1.58. The first-order valence-corrected chi connectivity index (χ1v) is 13.7. The molecule has 9 heteroatoms. The minimum atomic E-state index is -2.87. The SMILES string of the molecule is Cc1nc(/C=C/C(=O)N[C@H]2CC[C@H](CCN3CCc4ccc(OCC(C)(F)F)nc4CC3)CC2)cs1. The Labute approximate surface area is 216 Å². The molecule has 2 aliphatic rings. The molecule has 2 aromatic rings. The highest BCUT2D eigenvalue weighted by Gasteiger charge is 2.24. The Balaban J connectivity index is 1.15. The minimum absolute atomic E-state index is 0.0428. The zero-order valence-electron chi connectivity index (χ0n) is 21.1. The molecule has 3 heterocycles. The van der Waals surface area contributed by atoms with Gasteiger partial charge in [-0.25, -0.2) is 18.7 Å². The topological polar surface area (TPSA) is 67.4 Å². The van der Waals surface area contributed by atoms with E-state index in [0.29, 0.717) is 5.92 Å². The van der Waals surface area contributed by atoms with Gasteiger partial charge in [0.2, 0.25) is 11.8 Å². The van der Waals surface area contributed by atoms with Gasteiger partial charge >= 0.3 is 0 Å². The van der Waals surface area contributed by atoms with Crippen LogP contribution in [-0.4, -0.2) is 59.0 Å². The van der Waals surface area contributed by atoms with E-state index in [1.807, 2.05) is 18.4 Å². The lowest BCUT2D eigenvalue weighted by atomic mass is 9.84. The zero-order valence-corrected chi connectivity index (χ0v) is 22.0. The van der Waals surface area contributed by atoms with Crippen LogP contribution in [0.1, 0.15) is 61.0 Å². The third-order valence-electron chi connectivity index (χ3n) is 6.97. The molecule has 1 N–H and O–H groups in total. The summed E-state index contributed by atoms with van der Waals surface area (Å²) in [5.74, 6) is -1.94. The molecular formula is C27H36F2N4O2S. The number of pyridine rings is 1. The standard InChI is InChI=1S/C27H36F2N4O2S/c1-19-30-23(17-36-19)8-9-25(34)31-22-6-3-20(4-7-22)11-14-33-15-12-21-5-10-26(32-24(21)13-16-33)35-18-27(2,28)29/h5,8-10,17,20,22H,3-4,6-7,11-16,18H2,1-2H3,(H,31,34)/b9-8+/t20-,22-. The molecule has 1 aliphatic heterocycles. The first-order chi connectivity index (χ1) is 17.2. The smallest absolute Gasteiger partial charge is 0.278 e. The number of nitrogens with zero attached hydrogens (tertiary/aromatic N) is 3. The second-order valence-electron chi connectivity index (χ2n) is 10.1. The third kappa shape index (κ3) is 8.34. The lowest BCUT2D eigenvalue weighted by molar-refractivity contribution is -0.117. The van der Waals surface area contributed by atoms with Crippen molar-refractivity contribution in [3.05, 3.63) is 45.5 Å². The fourth-order valence-corrected chi connectivity index (χ4v) is 5.52. The van der Waals surface area contributed by atoms with E-state index in [-0.39, 0.29) is 17.8 Å². The number of halogens is 2. The van der Waals surface area contributed by atoms with Gasteiger partial charge in [-0.15, -0.1) is 11.3 Å². The average molecular weight is 519 g/mol. The van der Waals surface area contributed by atoms with E-state index in [4.69, 9.17) is 4.74 Å². The Morgan fingerprint density at radius 2 is 2.00 bits per heavy atom. The number of amides is 1. The summed E-state index contributed by atoms with van der Waals surface area (Å²) in [6.07, 6.45) is 10.6. The van der Waals surface area contributed by atoms with E-state index >= 15 is 0 Å². The Morgan fingerprint density at radius 1 is 1.22 bits per heavy atom. The highest BCUT2D eigenvalue weighted by molar-refractivity contribution is 7.09. The van der Waals surface area contributed by atoms with Crippen LogP contribution in [0, 0.1) is 12.8 Å². The molecular weight excluding hydrogens is 482 g/mol. The molecule has 6 nitrogen and oxygen atoms in total. The highest BCUT2D eigenvalue weighted by Crippen LogP contribution is 2.28.